The first-order chi connectivity index (χ1) is 10.9. The van der Waals surface area contributed by atoms with Gasteiger partial charge >= 0.3 is 0 Å². The van der Waals surface area contributed by atoms with Gasteiger partial charge in [-0.1, -0.05) is 80.4 Å². The Morgan fingerprint density at radius 1 is 0.955 bits per heavy atom. The fourth-order valence-corrected chi connectivity index (χ4v) is 2.39. The number of hydrogen-bond donors (Lipinski definition) is 0. The quantitative estimate of drug-likeness (QED) is 0.379. The van der Waals surface area contributed by atoms with Gasteiger partial charge in [0.2, 0.25) is 0 Å². The fourth-order valence-electron chi connectivity index (χ4n) is 2.39. The Kier molecular flexibility index (Phi) is 6.31. The topological polar surface area (TPSA) is 0 Å². The van der Waals surface area contributed by atoms with Crippen LogP contribution in [0.1, 0.15) is 42.9 Å². The van der Waals surface area contributed by atoms with Gasteiger partial charge in [-0.15, -0.1) is 11.7 Å². The van der Waals surface area contributed by atoms with Crippen molar-refractivity contribution in [2.75, 3.05) is 0 Å². The normalized spacial score (nSPS) is 9.50. The number of rotatable bonds is 5. The third-order valence-electron chi connectivity index (χ3n) is 3.59. The first-order valence-corrected chi connectivity index (χ1v) is 7.86. The van der Waals surface area contributed by atoms with E-state index in [1.54, 1.807) is 0 Å². The van der Waals surface area contributed by atoms with Gasteiger partial charge in [-0.25, -0.2) is 0 Å². The maximum absolute atomic E-state index is 3.88. The molecule has 0 unspecified atom stereocenters. The Labute approximate surface area is 134 Å². The van der Waals surface area contributed by atoms with Crippen molar-refractivity contribution in [2.24, 2.45) is 0 Å². The van der Waals surface area contributed by atoms with E-state index in [2.05, 4.69) is 67.5 Å². The first-order valence-electron chi connectivity index (χ1n) is 7.86. The molecule has 2 rings (SSSR count). The molecule has 0 nitrogen and oxygen atoms in total. The van der Waals surface area contributed by atoms with Crippen LogP contribution in [0.4, 0.5) is 0 Å². The lowest BCUT2D eigenvalue weighted by molar-refractivity contribution is 0.827. The third-order valence-corrected chi connectivity index (χ3v) is 3.59. The molecule has 2 aromatic carbocycles. The molecule has 0 spiro atoms. The highest BCUT2D eigenvalue weighted by Crippen LogP contribution is 2.25. The molecule has 0 heterocycles. The second-order valence-corrected chi connectivity index (χ2v) is 5.21. The summed E-state index contributed by atoms with van der Waals surface area (Å²) in [4.78, 5) is 0. The van der Waals surface area contributed by atoms with Crippen molar-refractivity contribution in [1.29, 1.82) is 0 Å². The zero-order valence-corrected chi connectivity index (χ0v) is 13.2. The molecular formula is C22H22. The van der Waals surface area contributed by atoms with Gasteiger partial charge in [-0.05, 0) is 23.1 Å². The lowest BCUT2D eigenvalue weighted by atomic mass is 9.93. The Balaban J connectivity index is 2.27. The summed E-state index contributed by atoms with van der Waals surface area (Å²) < 4.78 is 0. The van der Waals surface area contributed by atoms with Gasteiger partial charge in [-0.2, -0.15) is 0 Å². The Morgan fingerprint density at radius 2 is 1.68 bits per heavy atom. The van der Waals surface area contributed by atoms with Crippen LogP contribution in [0.2, 0.25) is 0 Å². The van der Waals surface area contributed by atoms with Crippen LogP contribution in [0, 0.1) is 11.8 Å². The summed E-state index contributed by atoms with van der Waals surface area (Å²) in [5, 5.41) is 0. The van der Waals surface area contributed by atoms with E-state index in [-0.39, 0.29) is 0 Å². The van der Waals surface area contributed by atoms with Gasteiger partial charge in [0.05, 0.1) is 0 Å². The van der Waals surface area contributed by atoms with Crippen LogP contribution in [0.15, 0.2) is 66.9 Å². The van der Waals surface area contributed by atoms with Gasteiger partial charge in [0.15, 0.2) is 0 Å². The van der Waals surface area contributed by atoms with Crippen molar-refractivity contribution in [3.05, 3.63) is 83.6 Å². The number of hydrogen-bond acceptors (Lipinski definition) is 0. The van der Waals surface area contributed by atoms with Crippen LogP contribution >= 0.6 is 0 Å². The van der Waals surface area contributed by atoms with E-state index in [1.807, 2.05) is 18.2 Å². The molecule has 0 aromatic heterocycles. The predicted molar refractivity (Wildman–Crippen MR) is 95.5 cm³/mol. The summed E-state index contributed by atoms with van der Waals surface area (Å²) >= 11 is 0. The van der Waals surface area contributed by atoms with E-state index in [1.165, 1.54) is 24.0 Å². The molecule has 0 fully saturated rings. The van der Waals surface area contributed by atoms with Crippen molar-refractivity contribution < 1.29 is 0 Å². The Hall–Kier alpha value is -2.48. The van der Waals surface area contributed by atoms with E-state index in [4.69, 9.17) is 0 Å². The maximum Gasteiger partial charge on any atom is 0.0346 e. The van der Waals surface area contributed by atoms with E-state index in [0.29, 0.717) is 0 Å². The fraction of sp³-hybridized carbons (Fsp3) is 0.227. The van der Waals surface area contributed by atoms with Crippen LogP contribution in [-0.2, 0) is 6.42 Å². The van der Waals surface area contributed by atoms with Crippen molar-refractivity contribution in [1.82, 2.24) is 0 Å². The van der Waals surface area contributed by atoms with Gasteiger partial charge < -0.3 is 0 Å². The predicted octanol–water partition coefficient (Wildman–Crippen LogP) is 5.64. The van der Waals surface area contributed by atoms with Crippen molar-refractivity contribution in [2.45, 2.75) is 32.6 Å². The molecule has 0 atom stereocenters. The maximum atomic E-state index is 3.88. The van der Waals surface area contributed by atoms with Crippen LogP contribution < -0.4 is 0 Å². The molecule has 110 valence electrons. The standard InChI is InChI=1S/C22H22/c1-3-5-6-7-9-16-20-17-12-13-18-22(20)21(4-2)19-14-10-8-11-15-19/h8,10-15,17-18H,2-3,5-6,16H2,1H3. The summed E-state index contributed by atoms with van der Waals surface area (Å²) in [5.74, 6) is 6.56. The Morgan fingerprint density at radius 3 is 2.41 bits per heavy atom. The average molecular weight is 286 g/mol. The van der Waals surface area contributed by atoms with Gasteiger partial charge in [0.1, 0.15) is 0 Å². The van der Waals surface area contributed by atoms with E-state index in [0.717, 1.165) is 24.0 Å². The van der Waals surface area contributed by atoms with Crippen molar-refractivity contribution in [3.63, 3.8) is 0 Å². The molecule has 0 saturated carbocycles. The molecule has 2 aromatic rings. The average Bonchev–Trinajstić information content (AvgIpc) is 2.57. The molecule has 0 heteroatoms. The highest BCUT2D eigenvalue weighted by atomic mass is 14.1. The van der Waals surface area contributed by atoms with Crippen LogP contribution in [0.25, 0.3) is 5.57 Å². The molecule has 22 heavy (non-hydrogen) atoms. The molecule has 0 aliphatic carbocycles. The second-order valence-electron chi connectivity index (χ2n) is 5.21. The monoisotopic (exact) mass is 286 g/mol. The van der Waals surface area contributed by atoms with Crippen LogP contribution in [0.5, 0.6) is 0 Å². The smallest absolute Gasteiger partial charge is 0.0346 e. The van der Waals surface area contributed by atoms with E-state index < -0.39 is 0 Å². The second kappa shape index (κ2) is 8.73. The summed E-state index contributed by atoms with van der Waals surface area (Å²) in [6, 6.07) is 18.7. The first kappa shape index (κ1) is 15.9. The molecule has 0 aliphatic rings. The molecule has 0 N–H and O–H groups in total. The number of benzene rings is 2. The summed E-state index contributed by atoms with van der Waals surface area (Å²) in [6.07, 6.45) is 4.14. The zero-order chi connectivity index (χ0) is 15.6. The Bertz CT molecular complexity index is 704. The lowest BCUT2D eigenvalue weighted by Gasteiger charge is -2.10. The number of unbranched alkanes of at least 4 members (excludes halogenated alkanes) is 2. The molecule has 0 aliphatic heterocycles. The minimum Gasteiger partial charge on any atom is -0.119 e. The van der Waals surface area contributed by atoms with E-state index >= 15 is 0 Å². The molecule has 0 bridgehead atoms. The largest absolute Gasteiger partial charge is 0.119 e. The summed E-state index contributed by atoms with van der Waals surface area (Å²) in [5.41, 5.74) is 7.71. The molecular weight excluding hydrogens is 264 g/mol. The van der Waals surface area contributed by atoms with Crippen molar-refractivity contribution >= 4 is 5.57 Å². The summed E-state index contributed by atoms with van der Waals surface area (Å²) in [7, 11) is 0. The van der Waals surface area contributed by atoms with Crippen molar-refractivity contribution in [3.8, 4) is 11.8 Å². The van der Waals surface area contributed by atoms with E-state index in [9.17, 15) is 0 Å². The van der Waals surface area contributed by atoms with Gasteiger partial charge in [-0.3, -0.25) is 0 Å². The highest BCUT2D eigenvalue weighted by Gasteiger charge is 2.08. The molecule has 0 amide bonds. The van der Waals surface area contributed by atoms with Crippen LogP contribution in [0.3, 0.4) is 0 Å². The minimum atomic E-state index is 0.776. The SMILES string of the molecule is C=C=C(c1ccccc1)c1ccccc1CC#CCCCC. The highest BCUT2D eigenvalue weighted by molar-refractivity contribution is 5.80. The van der Waals surface area contributed by atoms with Gasteiger partial charge in [0.25, 0.3) is 0 Å². The third kappa shape index (κ3) is 4.26. The van der Waals surface area contributed by atoms with Gasteiger partial charge in [0, 0.05) is 18.4 Å². The molecule has 0 saturated heterocycles. The summed E-state index contributed by atoms with van der Waals surface area (Å²) in [6.45, 7) is 6.07. The minimum absolute atomic E-state index is 0.776. The molecule has 0 radical (unpaired) electrons. The zero-order valence-electron chi connectivity index (χ0n) is 13.2. The van der Waals surface area contributed by atoms with Crippen LogP contribution in [-0.4, -0.2) is 0 Å². The lowest BCUT2D eigenvalue weighted by Crippen LogP contribution is -1.93.